The number of carbonyl (C=O) groups excluding carboxylic acids is 7. The number of thioether (sulfide) groups is 2. The molecule has 5 N–H and O–H groups in total. The van der Waals surface area contributed by atoms with Gasteiger partial charge in [0.05, 0.1) is 80.9 Å². The van der Waals surface area contributed by atoms with Crippen LogP contribution in [0.2, 0.25) is 0 Å². The third-order valence-electron chi connectivity index (χ3n) is 22.3. The van der Waals surface area contributed by atoms with Crippen molar-refractivity contribution in [3.8, 4) is 11.1 Å². The summed E-state index contributed by atoms with van der Waals surface area (Å²) in [4.78, 5) is 92.3. The van der Waals surface area contributed by atoms with Crippen LogP contribution in [0, 0.1) is 0 Å². The van der Waals surface area contributed by atoms with Crippen LogP contribution in [0.25, 0.3) is 11.1 Å². The zero-order valence-electron chi connectivity index (χ0n) is 72.0. The third kappa shape index (κ3) is 24.7. The van der Waals surface area contributed by atoms with Gasteiger partial charge in [-0.2, -0.15) is 0 Å². The molecule has 0 radical (unpaired) electrons. The first-order chi connectivity index (χ1) is 58.4. The molecule has 1 aliphatic carbocycles. The van der Waals surface area contributed by atoms with Gasteiger partial charge in [-0.25, -0.2) is 0 Å². The Labute approximate surface area is 713 Å². The summed E-state index contributed by atoms with van der Waals surface area (Å²) in [6.45, 7) is 4.24. The fourth-order valence-corrected chi connectivity index (χ4v) is 17.8. The predicted molar refractivity (Wildman–Crippen MR) is 427 cm³/mol. The molecular weight excluding hydrogens is 1640 g/mol. The maximum absolute atomic E-state index is 13.8. The highest BCUT2D eigenvalue weighted by atomic mass is 32.2. The quantitative estimate of drug-likeness (QED) is 0.0551. The van der Waals surface area contributed by atoms with E-state index in [4.69, 9.17) is 128 Å². The minimum Gasteiger partial charge on any atom is -0.465 e. The number of ether oxygens (including phenoxy) is 27. The second-order valence-corrected chi connectivity index (χ2v) is 31.7. The molecule has 0 aromatic heterocycles. The number of rotatable bonds is 45. The van der Waals surface area contributed by atoms with Gasteiger partial charge in [0.2, 0.25) is 29.5 Å². The third-order valence-corrected chi connectivity index (χ3v) is 24.1. The highest BCUT2D eigenvalue weighted by Gasteiger charge is 2.59. The van der Waals surface area contributed by atoms with E-state index in [0.717, 1.165) is 45.8 Å². The van der Waals surface area contributed by atoms with E-state index in [0.29, 0.717) is 0 Å². The minimum atomic E-state index is -1.22. The standard InChI is InChI=1S/C80H123N5O34S2/c1-39-57(82-54(90)37-120-36-53(89)81-30-52(88)85-76-70(104-15)66(100-11)60(48(113-76)33-94-5)119-80-74(108-19)68(102-13)62(50(115-80)35-96-7)117-78-72(106-17)64(98-9)58(40(2)111-78)83-55(91)38-121-41(3)86)63(97-8)71(105-16)77(110-39)116-61-49(34-95-6)114-79(73(107-18)67(61)101-12)118-59-47(32-93-4)112-75(69(103-14)65(59)99-10)84-51(87)28-29-56(92)109-31-46-44-26-22-20-24-42(44)43-25-21-23-27-45(43)46/h20-27,39-40,46-50,57-80H,28-38H2,1-19H3,(H,81,89)(H,82,90)(H,83,91)(H,84,87)(H,85,88)/t39?,40?,47?,48?,49?,50?,57-,58-,59+,60+,61+,62+,63-,64-,65-,66-,67-,68-,69?,70?,71?,72?,73?,74?,75?,76?,77+,78+,79+,80+/m1/s1. The van der Waals surface area contributed by atoms with Gasteiger partial charge in [-0.15, -0.1) is 11.8 Å². The number of hydrogen-bond donors (Lipinski definition) is 5. The van der Waals surface area contributed by atoms with Crippen LogP contribution in [0.4, 0.5) is 0 Å². The van der Waals surface area contributed by atoms with Gasteiger partial charge in [0.1, 0.15) is 129 Å². The Bertz CT molecular complexity index is 3530. The molecule has 14 unspecified atom stereocenters. The Hall–Kier alpha value is -5.41. The number of benzene rings is 2. The Balaban J connectivity index is 0.748. The number of esters is 1. The normalized spacial score (nSPS) is 34.8. The first-order valence-electron chi connectivity index (χ1n) is 39.8. The van der Waals surface area contributed by atoms with Gasteiger partial charge in [-0.1, -0.05) is 60.3 Å². The molecule has 6 heterocycles. The van der Waals surface area contributed by atoms with Crippen molar-refractivity contribution in [2.45, 2.75) is 224 Å². The van der Waals surface area contributed by atoms with E-state index >= 15 is 0 Å². The van der Waals surface area contributed by atoms with Gasteiger partial charge in [-0.05, 0) is 36.1 Å². The van der Waals surface area contributed by atoms with Crippen LogP contribution >= 0.6 is 23.5 Å². The predicted octanol–water partition coefficient (Wildman–Crippen LogP) is 0.149. The topological polar surface area (TPSA) is 429 Å². The smallest absolute Gasteiger partial charge is 0.306 e. The number of methoxy groups -OCH3 is 16. The van der Waals surface area contributed by atoms with Crippen molar-refractivity contribution in [1.82, 2.24) is 26.6 Å². The molecule has 0 bridgehead atoms. The lowest BCUT2D eigenvalue weighted by atomic mass is 9.94. The number of fused-ring (bicyclic) bond motifs is 3. The number of hydrogen-bond acceptors (Lipinski definition) is 36. The molecule has 5 amide bonds. The molecular formula is C80H123N5O34S2. The summed E-state index contributed by atoms with van der Waals surface area (Å²) in [5.41, 5.74) is 4.33. The zero-order valence-corrected chi connectivity index (χ0v) is 73.6. The lowest BCUT2D eigenvalue weighted by Crippen LogP contribution is -2.69. The number of amides is 5. The molecule has 121 heavy (non-hydrogen) atoms. The van der Waals surface area contributed by atoms with E-state index in [1.807, 2.05) is 36.4 Å². The van der Waals surface area contributed by atoms with Crippen LogP contribution in [0.5, 0.6) is 0 Å². The molecule has 7 aliphatic rings. The summed E-state index contributed by atoms with van der Waals surface area (Å²) >= 11 is 1.86. The summed E-state index contributed by atoms with van der Waals surface area (Å²) in [6.07, 6.45) is -28.0. The van der Waals surface area contributed by atoms with Crippen LogP contribution < -0.4 is 26.6 Å². The van der Waals surface area contributed by atoms with Crippen LogP contribution in [0.1, 0.15) is 50.7 Å². The van der Waals surface area contributed by atoms with Crippen molar-refractivity contribution in [2.75, 3.05) is 171 Å². The molecule has 6 saturated heterocycles. The largest absolute Gasteiger partial charge is 0.465 e. The van der Waals surface area contributed by atoms with E-state index in [1.54, 1.807) is 13.8 Å². The zero-order chi connectivity index (χ0) is 87.7. The molecule has 39 nitrogen and oxygen atoms in total. The molecule has 2 aromatic carbocycles. The van der Waals surface area contributed by atoms with Crippen LogP contribution in [-0.4, -0.2) is 395 Å². The van der Waals surface area contributed by atoms with Crippen molar-refractivity contribution in [2.24, 2.45) is 0 Å². The van der Waals surface area contributed by atoms with E-state index < -0.39 is 226 Å². The second kappa shape index (κ2) is 49.1. The Morgan fingerprint density at radius 1 is 0.347 bits per heavy atom. The van der Waals surface area contributed by atoms with Crippen LogP contribution in [0.3, 0.4) is 0 Å². The van der Waals surface area contributed by atoms with E-state index in [9.17, 15) is 33.6 Å². The molecule has 0 saturated carbocycles. The molecule has 41 heteroatoms. The van der Waals surface area contributed by atoms with Crippen molar-refractivity contribution in [3.05, 3.63) is 59.7 Å². The molecule has 684 valence electrons. The Morgan fingerprint density at radius 2 is 0.686 bits per heavy atom. The summed E-state index contributed by atoms with van der Waals surface area (Å²) in [5, 5.41) is 13.9. The average Bonchev–Trinajstić information content (AvgIpc) is 0.966. The molecule has 9 rings (SSSR count). The van der Waals surface area contributed by atoms with Gasteiger partial charge in [0, 0.05) is 133 Å². The van der Waals surface area contributed by atoms with Crippen molar-refractivity contribution < 1.29 is 161 Å². The van der Waals surface area contributed by atoms with E-state index in [2.05, 4.69) is 38.7 Å². The first-order valence-corrected chi connectivity index (χ1v) is 41.9. The summed E-state index contributed by atoms with van der Waals surface area (Å²) in [5.74, 6) is -3.80. The molecule has 30 atom stereocenters. The number of carbonyl (C=O) groups is 7. The van der Waals surface area contributed by atoms with E-state index in [-0.39, 0.29) is 74.2 Å². The van der Waals surface area contributed by atoms with Gasteiger partial charge >= 0.3 is 5.97 Å². The monoisotopic (exact) mass is 1760 g/mol. The van der Waals surface area contributed by atoms with Gasteiger partial charge in [-0.3, -0.25) is 33.6 Å². The number of nitrogens with one attached hydrogen (secondary N) is 5. The SMILES string of the molecule is COCC1OC(NC(=O)CCC(=O)OCC2c3ccccc3-c3ccccc32)C(OC)[C@H](OC)[C@H]1O[C@@H]1OC(COC)[C@H](O[C@@H]2OC(C)[C@@H](NC(=O)CSCC(=O)NCC(=O)NC3OC(COC)[C@H](O[C@@H]4OC(COC)[C@H](O[C@@H]5OC(C)[C@@H](NC(=O)CSC(C)=O)[C@@H](OC)C5OC)[C@@H](OC)C4OC)[C@@H](OC)C3OC)[C@@H](OC)C2OC)[C@@H](OC)C1OC. The summed E-state index contributed by atoms with van der Waals surface area (Å²) in [6, 6.07) is 14.5. The summed E-state index contributed by atoms with van der Waals surface area (Å²) in [7, 11) is 23.3. The maximum Gasteiger partial charge on any atom is 0.306 e. The van der Waals surface area contributed by atoms with Gasteiger partial charge in [0.15, 0.2) is 42.7 Å². The van der Waals surface area contributed by atoms with Crippen LogP contribution in [-0.2, 0) is 161 Å². The van der Waals surface area contributed by atoms with Crippen molar-refractivity contribution >= 4 is 64.1 Å². The van der Waals surface area contributed by atoms with Crippen molar-refractivity contribution in [1.29, 1.82) is 0 Å². The lowest BCUT2D eigenvalue weighted by Gasteiger charge is -2.51. The van der Waals surface area contributed by atoms with Gasteiger partial charge in [0.25, 0.3) is 0 Å². The Kier molecular flexibility index (Phi) is 40.3. The molecule has 6 fully saturated rings. The minimum absolute atomic E-state index is 0.0402. The lowest BCUT2D eigenvalue weighted by molar-refractivity contribution is -0.374. The highest BCUT2D eigenvalue weighted by Crippen LogP contribution is 2.45. The maximum atomic E-state index is 13.8. The molecule has 2 aromatic rings. The first kappa shape index (κ1) is 99.4. The highest BCUT2D eigenvalue weighted by molar-refractivity contribution is 8.14. The summed E-state index contributed by atoms with van der Waals surface area (Å²) < 4.78 is 167. The molecule has 0 spiro atoms. The van der Waals surface area contributed by atoms with Crippen LogP contribution in [0.15, 0.2) is 48.5 Å². The van der Waals surface area contributed by atoms with Gasteiger partial charge < -0.3 is 154 Å². The fourth-order valence-electron chi connectivity index (χ4n) is 16.7. The Morgan fingerprint density at radius 3 is 1.07 bits per heavy atom. The second-order valence-electron chi connectivity index (χ2n) is 29.6. The fraction of sp³-hybridized carbons (Fsp3) is 0.762. The van der Waals surface area contributed by atoms with Crippen molar-refractivity contribution in [3.63, 3.8) is 0 Å². The van der Waals surface area contributed by atoms with E-state index in [1.165, 1.54) is 121 Å². The average molecular weight is 1760 g/mol. The molecule has 6 aliphatic heterocycles.